The van der Waals surface area contributed by atoms with Crippen LogP contribution in [-0.4, -0.2) is 30.3 Å². The number of hydrogen-bond donors (Lipinski definition) is 1. The summed E-state index contributed by atoms with van der Waals surface area (Å²) in [4.78, 5) is 11.6. The summed E-state index contributed by atoms with van der Waals surface area (Å²) >= 11 is 0. The van der Waals surface area contributed by atoms with Crippen LogP contribution in [0.2, 0.25) is 0 Å². The molecule has 1 aliphatic rings. The second kappa shape index (κ2) is 6.01. The molecule has 1 saturated heterocycles. The van der Waals surface area contributed by atoms with Crippen molar-refractivity contribution >= 4 is 22.5 Å². The monoisotopic (exact) mass is 302 g/mol. The van der Waals surface area contributed by atoms with Gasteiger partial charge in [0.1, 0.15) is 5.69 Å². The summed E-state index contributed by atoms with van der Waals surface area (Å²) in [6, 6.07) is 6.07. The molecule has 1 fully saturated rings. The summed E-state index contributed by atoms with van der Waals surface area (Å²) in [7, 11) is 1.97. The minimum Gasteiger partial charge on any atom is -0.477 e. The van der Waals surface area contributed by atoms with Crippen molar-refractivity contribution in [3.8, 4) is 5.88 Å². The van der Waals surface area contributed by atoms with E-state index in [0.717, 1.165) is 41.8 Å². The lowest BCUT2D eigenvalue weighted by molar-refractivity contribution is -0.114. The Morgan fingerprint density at radius 1 is 1.50 bits per heavy atom. The van der Waals surface area contributed by atoms with Gasteiger partial charge < -0.3 is 19.4 Å². The number of para-hydroxylation sites is 1. The van der Waals surface area contributed by atoms with Crippen LogP contribution in [0.3, 0.4) is 0 Å². The number of ether oxygens (including phenoxy) is 2. The second-order valence-corrected chi connectivity index (χ2v) is 5.93. The van der Waals surface area contributed by atoms with Crippen LogP contribution in [0.1, 0.15) is 18.9 Å². The fourth-order valence-electron chi connectivity index (χ4n) is 3.07. The number of hydrogen-bond acceptors (Lipinski definition) is 3. The molecule has 0 bridgehead atoms. The van der Waals surface area contributed by atoms with Crippen LogP contribution in [0.25, 0.3) is 10.9 Å². The van der Waals surface area contributed by atoms with Gasteiger partial charge in [0.05, 0.1) is 18.7 Å². The molecule has 0 spiro atoms. The lowest BCUT2D eigenvalue weighted by Crippen LogP contribution is -2.15. The first-order valence-electron chi connectivity index (χ1n) is 7.64. The Balaban J connectivity index is 2.00. The van der Waals surface area contributed by atoms with E-state index in [4.69, 9.17) is 9.47 Å². The lowest BCUT2D eigenvalue weighted by atomic mass is 10.1. The molecule has 1 amide bonds. The Hall–Kier alpha value is -2.01. The zero-order valence-corrected chi connectivity index (χ0v) is 13.3. The zero-order chi connectivity index (χ0) is 15.7. The number of anilines is 1. The fraction of sp³-hybridized carbons (Fsp3) is 0.471. The number of carbonyl (C=O) groups is 1. The smallest absolute Gasteiger partial charge is 0.221 e. The molecule has 2 aromatic rings. The molecule has 2 heterocycles. The quantitative estimate of drug-likeness (QED) is 0.945. The summed E-state index contributed by atoms with van der Waals surface area (Å²) in [5.74, 6) is 1.04. The molecule has 1 aliphatic heterocycles. The van der Waals surface area contributed by atoms with Crippen molar-refractivity contribution in [2.24, 2.45) is 13.0 Å². The predicted molar refractivity (Wildman–Crippen MR) is 86.4 cm³/mol. The Morgan fingerprint density at radius 3 is 3.00 bits per heavy atom. The molecular formula is C17H22N2O3. The molecule has 1 atom stereocenters. The van der Waals surface area contributed by atoms with Gasteiger partial charge in [-0.25, -0.2) is 0 Å². The first-order valence-corrected chi connectivity index (χ1v) is 7.64. The normalized spacial score (nSPS) is 17.9. The van der Waals surface area contributed by atoms with Crippen molar-refractivity contribution in [1.82, 2.24) is 4.57 Å². The highest BCUT2D eigenvalue weighted by Crippen LogP contribution is 2.38. The van der Waals surface area contributed by atoms with E-state index in [1.807, 2.05) is 23.7 Å². The van der Waals surface area contributed by atoms with E-state index in [1.165, 1.54) is 6.92 Å². The molecule has 118 valence electrons. The zero-order valence-electron chi connectivity index (χ0n) is 13.3. The summed E-state index contributed by atoms with van der Waals surface area (Å²) in [6.45, 7) is 5.74. The van der Waals surface area contributed by atoms with E-state index in [9.17, 15) is 4.79 Å². The molecule has 3 rings (SSSR count). The highest BCUT2D eigenvalue weighted by Gasteiger charge is 2.22. The number of nitrogens with one attached hydrogen (secondary N) is 1. The van der Waals surface area contributed by atoms with Gasteiger partial charge in [0.2, 0.25) is 11.8 Å². The standard InChI is InChI=1S/C17H22N2O3/c1-11-5-4-6-14-15(18-12(2)20)17(19(3)16(11)14)22-10-13-7-8-21-9-13/h4-6,13H,7-10H2,1-3H3,(H,18,20). The van der Waals surface area contributed by atoms with E-state index in [0.29, 0.717) is 18.4 Å². The highest BCUT2D eigenvalue weighted by molar-refractivity contribution is 6.05. The molecule has 1 unspecified atom stereocenters. The van der Waals surface area contributed by atoms with Crippen LogP contribution in [0, 0.1) is 12.8 Å². The van der Waals surface area contributed by atoms with E-state index in [2.05, 4.69) is 18.3 Å². The number of amides is 1. The Morgan fingerprint density at radius 2 is 2.32 bits per heavy atom. The number of nitrogens with zero attached hydrogens (tertiary/aromatic N) is 1. The van der Waals surface area contributed by atoms with E-state index < -0.39 is 0 Å². The maximum Gasteiger partial charge on any atom is 0.221 e. The van der Waals surface area contributed by atoms with Gasteiger partial charge in [-0.05, 0) is 18.9 Å². The van der Waals surface area contributed by atoms with Crippen LogP contribution in [0.5, 0.6) is 5.88 Å². The van der Waals surface area contributed by atoms with Gasteiger partial charge in [-0.2, -0.15) is 0 Å². The summed E-state index contributed by atoms with van der Waals surface area (Å²) in [6.07, 6.45) is 1.03. The average Bonchev–Trinajstić information content (AvgIpc) is 3.06. The molecule has 1 aromatic carbocycles. The first-order chi connectivity index (χ1) is 10.6. The Labute approximate surface area is 130 Å². The summed E-state index contributed by atoms with van der Waals surface area (Å²) < 4.78 is 13.5. The van der Waals surface area contributed by atoms with Gasteiger partial charge in [0.15, 0.2) is 0 Å². The molecule has 0 radical (unpaired) electrons. The molecule has 22 heavy (non-hydrogen) atoms. The Bertz CT molecular complexity index is 699. The molecule has 5 nitrogen and oxygen atoms in total. The number of aryl methyl sites for hydroxylation is 2. The topological polar surface area (TPSA) is 52.5 Å². The van der Waals surface area contributed by atoms with Crippen molar-refractivity contribution in [1.29, 1.82) is 0 Å². The van der Waals surface area contributed by atoms with Crippen LogP contribution < -0.4 is 10.1 Å². The number of benzene rings is 1. The molecule has 1 N–H and O–H groups in total. The fourth-order valence-corrected chi connectivity index (χ4v) is 3.07. The Kier molecular flexibility index (Phi) is 4.07. The number of carbonyl (C=O) groups excluding carboxylic acids is 1. The minimum absolute atomic E-state index is 0.0944. The van der Waals surface area contributed by atoms with E-state index in [-0.39, 0.29) is 5.91 Å². The summed E-state index contributed by atoms with van der Waals surface area (Å²) in [5.41, 5.74) is 3.00. The number of aromatic nitrogens is 1. The minimum atomic E-state index is -0.0944. The van der Waals surface area contributed by atoms with Gasteiger partial charge >= 0.3 is 0 Å². The maximum atomic E-state index is 11.6. The molecule has 5 heteroatoms. The SMILES string of the molecule is CC(=O)Nc1c(OCC2CCOC2)n(C)c2c(C)cccc12. The van der Waals surface area contributed by atoms with E-state index in [1.54, 1.807) is 0 Å². The second-order valence-electron chi connectivity index (χ2n) is 5.93. The first kappa shape index (κ1) is 14.9. The molecule has 0 saturated carbocycles. The third-order valence-corrected chi connectivity index (χ3v) is 4.14. The third kappa shape index (κ3) is 2.68. The largest absolute Gasteiger partial charge is 0.477 e. The van der Waals surface area contributed by atoms with Crippen molar-refractivity contribution < 1.29 is 14.3 Å². The van der Waals surface area contributed by atoms with Gasteiger partial charge in [0.25, 0.3) is 0 Å². The number of fused-ring (bicyclic) bond motifs is 1. The van der Waals surface area contributed by atoms with E-state index >= 15 is 0 Å². The van der Waals surface area contributed by atoms with Crippen molar-refractivity contribution in [2.45, 2.75) is 20.3 Å². The lowest BCUT2D eigenvalue weighted by Gasteiger charge is -2.13. The molecule has 1 aromatic heterocycles. The van der Waals surface area contributed by atoms with Gasteiger partial charge in [-0.15, -0.1) is 0 Å². The highest BCUT2D eigenvalue weighted by atomic mass is 16.5. The summed E-state index contributed by atoms with van der Waals surface area (Å²) in [5, 5.41) is 3.93. The third-order valence-electron chi connectivity index (χ3n) is 4.14. The van der Waals surface area contributed by atoms with Gasteiger partial charge in [0, 0.05) is 31.9 Å². The van der Waals surface area contributed by atoms with Gasteiger partial charge in [-0.3, -0.25) is 4.79 Å². The van der Waals surface area contributed by atoms with Crippen molar-refractivity contribution in [3.63, 3.8) is 0 Å². The van der Waals surface area contributed by atoms with Crippen molar-refractivity contribution in [2.75, 3.05) is 25.1 Å². The predicted octanol–water partition coefficient (Wildman–Crippen LogP) is 2.86. The average molecular weight is 302 g/mol. The maximum absolute atomic E-state index is 11.6. The van der Waals surface area contributed by atoms with Crippen LogP contribution >= 0.6 is 0 Å². The van der Waals surface area contributed by atoms with Crippen molar-refractivity contribution in [3.05, 3.63) is 23.8 Å². The van der Waals surface area contributed by atoms with Crippen LogP contribution in [0.4, 0.5) is 5.69 Å². The molecule has 0 aliphatic carbocycles. The number of rotatable bonds is 4. The van der Waals surface area contributed by atoms with Crippen LogP contribution in [0.15, 0.2) is 18.2 Å². The van der Waals surface area contributed by atoms with Crippen LogP contribution in [-0.2, 0) is 16.6 Å². The van der Waals surface area contributed by atoms with Gasteiger partial charge in [-0.1, -0.05) is 18.2 Å². The molecular weight excluding hydrogens is 280 g/mol.